The molecule has 1 aromatic heterocycles. The van der Waals surface area contributed by atoms with Gasteiger partial charge in [0.25, 0.3) is 0 Å². The Morgan fingerprint density at radius 1 is 1.10 bits per heavy atom. The van der Waals surface area contributed by atoms with Crippen LogP contribution in [-0.2, 0) is 6.42 Å². The SMILES string of the molecule is CCCNc1ncnc(NCC(C)(C)N(C)C)c1CC. The van der Waals surface area contributed by atoms with Gasteiger partial charge in [-0.2, -0.15) is 0 Å². The third kappa shape index (κ3) is 4.34. The smallest absolute Gasteiger partial charge is 0.134 e. The van der Waals surface area contributed by atoms with Gasteiger partial charge in [0.2, 0.25) is 0 Å². The normalized spacial score (nSPS) is 11.8. The van der Waals surface area contributed by atoms with Crippen LogP contribution in [0.15, 0.2) is 6.33 Å². The number of hydrogen-bond donors (Lipinski definition) is 2. The van der Waals surface area contributed by atoms with E-state index < -0.39 is 0 Å². The first-order chi connectivity index (χ1) is 9.42. The van der Waals surface area contributed by atoms with Crippen LogP contribution in [-0.4, -0.2) is 47.6 Å². The van der Waals surface area contributed by atoms with E-state index >= 15 is 0 Å². The summed E-state index contributed by atoms with van der Waals surface area (Å²) in [6.07, 6.45) is 3.63. The van der Waals surface area contributed by atoms with Gasteiger partial charge in [-0.3, -0.25) is 0 Å². The number of aromatic nitrogens is 2. The molecule has 114 valence electrons. The second-order valence-electron chi connectivity index (χ2n) is 5.89. The van der Waals surface area contributed by atoms with Crippen molar-refractivity contribution in [3.63, 3.8) is 0 Å². The van der Waals surface area contributed by atoms with Crippen LogP contribution in [0.2, 0.25) is 0 Å². The van der Waals surface area contributed by atoms with Gasteiger partial charge in [0.15, 0.2) is 0 Å². The molecule has 0 bridgehead atoms. The summed E-state index contributed by atoms with van der Waals surface area (Å²) in [7, 11) is 4.19. The summed E-state index contributed by atoms with van der Waals surface area (Å²) in [6.45, 7) is 10.5. The van der Waals surface area contributed by atoms with Crippen LogP contribution in [0.5, 0.6) is 0 Å². The van der Waals surface area contributed by atoms with Gasteiger partial charge in [-0.15, -0.1) is 0 Å². The van der Waals surface area contributed by atoms with Crippen molar-refractivity contribution in [1.29, 1.82) is 0 Å². The summed E-state index contributed by atoms with van der Waals surface area (Å²) in [5.74, 6) is 1.89. The molecule has 5 nitrogen and oxygen atoms in total. The average Bonchev–Trinajstić information content (AvgIpc) is 2.42. The highest BCUT2D eigenvalue weighted by atomic mass is 15.2. The third-order valence-electron chi connectivity index (χ3n) is 3.74. The molecule has 1 rings (SSSR count). The van der Waals surface area contributed by atoms with Gasteiger partial charge >= 0.3 is 0 Å². The standard InChI is InChI=1S/C15H29N5/c1-7-9-16-13-12(8-2)14(19-11-18-13)17-10-15(3,4)20(5)6/h11H,7-10H2,1-6H3,(H2,16,17,18,19). The van der Waals surface area contributed by atoms with Crippen molar-refractivity contribution in [2.24, 2.45) is 0 Å². The minimum Gasteiger partial charge on any atom is -0.370 e. The molecular formula is C15H29N5. The fraction of sp³-hybridized carbons (Fsp3) is 0.733. The number of nitrogens with zero attached hydrogens (tertiary/aromatic N) is 3. The highest BCUT2D eigenvalue weighted by Crippen LogP contribution is 2.21. The number of hydrogen-bond acceptors (Lipinski definition) is 5. The topological polar surface area (TPSA) is 53.1 Å². The van der Waals surface area contributed by atoms with Crippen molar-refractivity contribution >= 4 is 11.6 Å². The van der Waals surface area contributed by atoms with Gasteiger partial charge in [-0.05, 0) is 40.8 Å². The Labute approximate surface area is 123 Å². The number of anilines is 2. The Bertz CT molecular complexity index is 415. The molecule has 5 heteroatoms. The average molecular weight is 279 g/mol. The van der Waals surface area contributed by atoms with E-state index in [1.54, 1.807) is 6.33 Å². The Morgan fingerprint density at radius 3 is 2.20 bits per heavy atom. The summed E-state index contributed by atoms with van der Waals surface area (Å²) < 4.78 is 0. The lowest BCUT2D eigenvalue weighted by Gasteiger charge is -2.33. The van der Waals surface area contributed by atoms with Crippen LogP contribution in [0.4, 0.5) is 11.6 Å². The summed E-state index contributed by atoms with van der Waals surface area (Å²) >= 11 is 0. The molecule has 1 heterocycles. The molecule has 0 saturated heterocycles. The lowest BCUT2D eigenvalue weighted by atomic mass is 10.0. The molecule has 2 N–H and O–H groups in total. The van der Waals surface area contributed by atoms with E-state index in [1.165, 1.54) is 0 Å². The molecule has 1 aromatic rings. The van der Waals surface area contributed by atoms with Crippen LogP contribution in [0.1, 0.15) is 39.7 Å². The van der Waals surface area contributed by atoms with Crippen molar-refractivity contribution in [2.45, 2.75) is 46.1 Å². The maximum Gasteiger partial charge on any atom is 0.134 e. The van der Waals surface area contributed by atoms with Gasteiger partial charge in [0.05, 0.1) is 0 Å². The minimum absolute atomic E-state index is 0.0764. The first-order valence-electron chi connectivity index (χ1n) is 7.41. The second kappa shape index (κ2) is 7.43. The Morgan fingerprint density at radius 2 is 1.70 bits per heavy atom. The van der Waals surface area contributed by atoms with E-state index in [-0.39, 0.29) is 5.54 Å². The zero-order chi connectivity index (χ0) is 15.2. The molecule has 0 aliphatic carbocycles. The minimum atomic E-state index is 0.0764. The fourth-order valence-electron chi connectivity index (χ4n) is 1.75. The van der Waals surface area contributed by atoms with E-state index in [1.807, 2.05) is 0 Å². The van der Waals surface area contributed by atoms with Crippen LogP contribution < -0.4 is 10.6 Å². The third-order valence-corrected chi connectivity index (χ3v) is 3.74. The van der Waals surface area contributed by atoms with Crippen LogP contribution in [0, 0.1) is 0 Å². The van der Waals surface area contributed by atoms with E-state index in [9.17, 15) is 0 Å². The molecule has 0 aliphatic rings. The molecular weight excluding hydrogens is 250 g/mol. The van der Waals surface area contributed by atoms with Crippen molar-refractivity contribution in [3.05, 3.63) is 11.9 Å². The summed E-state index contributed by atoms with van der Waals surface area (Å²) in [4.78, 5) is 11.0. The first-order valence-corrected chi connectivity index (χ1v) is 7.41. The van der Waals surface area contributed by atoms with Gasteiger partial charge in [0.1, 0.15) is 18.0 Å². The molecule has 0 saturated carbocycles. The van der Waals surface area contributed by atoms with E-state index in [0.29, 0.717) is 0 Å². The molecule has 0 spiro atoms. The van der Waals surface area contributed by atoms with Crippen LogP contribution in [0.3, 0.4) is 0 Å². The molecule has 0 atom stereocenters. The molecule has 0 radical (unpaired) electrons. The van der Waals surface area contributed by atoms with Crippen molar-refractivity contribution in [1.82, 2.24) is 14.9 Å². The zero-order valence-electron chi connectivity index (χ0n) is 13.7. The van der Waals surface area contributed by atoms with Gasteiger partial charge in [-0.1, -0.05) is 13.8 Å². The van der Waals surface area contributed by atoms with Crippen molar-refractivity contribution in [3.8, 4) is 0 Å². The highest BCUT2D eigenvalue weighted by Gasteiger charge is 2.21. The Balaban J connectivity index is 2.84. The monoisotopic (exact) mass is 279 g/mol. The second-order valence-corrected chi connectivity index (χ2v) is 5.89. The fourth-order valence-corrected chi connectivity index (χ4v) is 1.75. The van der Waals surface area contributed by atoms with Crippen molar-refractivity contribution in [2.75, 3.05) is 37.8 Å². The molecule has 0 aromatic carbocycles. The number of likely N-dealkylation sites (N-methyl/N-ethyl adjacent to an activating group) is 1. The maximum atomic E-state index is 4.40. The van der Waals surface area contributed by atoms with Gasteiger partial charge in [0, 0.05) is 24.2 Å². The number of rotatable bonds is 8. The molecule has 0 aliphatic heterocycles. The van der Waals surface area contributed by atoms with Gasteiger partial charge in [-0.25, -0.2) is 9.97 Å². The van der Waals surface area contributed by atoms with E-state index in [2.05, 4.69) is 67.3 Å². The van der Waals surface area contributed by atoms with Gasteiger partial charge < -0.3 is 15.5 Å². The molecule has 20 heavy (non-hydrogen) atoms. The summed E-state index contributed by atoms with van der Waals surface area (Å²) in [5, 5.41) is 6.84. The molecule has 0 unspecified atom stereocenters. The van der Waals surface area contributed by atoms with Crippen LogP contribution >= 0.6 is 0 Å². The largest absolute Gasteiger partial charge is 0.370 e. The molecule has 0 amide bonds. The quantitative estimate of drug-likeness (QED) is 0.766. The molecule has 0 fully saturated rings. The number of nitrogens with one attached hydrogen (secondary N) is 2. The summed E-state index contributed by atoms with van der Waals surface area (Å²) in [6, 6.07) is 0. The van der Waals surface area contributed by atoms with E-state index in [0.717, 1.165) is 43.1 Å². The zero-order valence-corrected chi connectivity index (χ0v) is 13.7. The maximum absolute atomic E-state index is 4.40. The van der Waals surface area contributed by atoms with E-state index in [4.69, 9.17) is 0 Å². The Kier molecular flexibility index (Phi) is 6.20. The lowest BCUT2D eigenvalue weighted by Crippen LogP contribution is -2.44. The predicted octanol–water partition coefficient (Wildman–Crippen LogP) is 2.61. The highest BCUT2D eigenvalue weighted by molar-refractivity contribution is 5.57. The van der Waals surface area contributed by atoms with Crippen LogP contribution in [0.25, 0.3) is 0 Å². The van der Waals surface area contributed by atoms with Crippen molar-refractivity contribution < 1.29 is 0 Å². The predicted molar refractivity (Wildman–Crippen MR) is 86.4 cm³/mol. The Hall–Kier alpha value is -1.36. The lowest BCUT2D eigenvalue weighted by molar-refractivity contribution is 0.210. The first kappa shape index (κ1) is 16.7. The summed E-state index contributed by atoms with van der Waals surface area (Å²) in [5.41, 5.74) is 1.24.